The van der Waals surface area contributed by atoms with Crippen LogP contribution in [0.5, 0.6) is 5.75 Å². The minimum absolute atomic E-state index is 0.0469. The summed E-state index contributed by atoms with van der Waals surface area (Å²) in [5, 5.41) is 3.66. The van der Waals surface area contributed by atoms with Gasteiger partial charge in [-0.2, -0.15) is 0 Å². The van der Waals surface area contributed by atoms with Crippen LogP contribution in [-0.4, -0.2) is 27.1 Å². The highest BCUT2D eigenvalue weighted by molar-refractivity contribution is 6.06. The number of hydrogen-bond acceptors (Lipinski definition) is 4. The summed E-state index contributed by atoms with van der Waals surface area (Å²) in [6.07, 6.45) is 1.54. The van der Waals surface area contributed by atoms with Crippen LogP contribution in [0.3, 0.4) is 0 Å². The Bertz CT molecular complexity index is 1570. The maximum Gasteiger partial charge on any atom is 0.278 e. The largest absolute Gasteiger partial charge is 0.497 e. The van der Waals surface area contributed by atoms with E-state index in [0.29, 0.717) is 17.6 Å². The smallest absolute Gasteiger partial charge is 0.278 e. The molecule has 35 heavy (non-hydrogen) atoms. The van der Waals surface area contributed by atoms with Gasteiger partial charge < -0.3 is 14.6 Å². The minimum Gasteiger partial charge on any atom is -0.497 e. The topological polar surface area (TPSA) is 78.2 Å². The van der Waals surface area contributed by atoms with Gasteiger partial charge in [0.2, 0.25) is 5.91 Å². The van der Waals surface area contributed by atoms with E-state index >= 15 is 0 Å². The first-order valence-electron chi connectivity index (χ1n) is 11.1. The van der Waals surface area contributed by atoms with Crippen LogP contribution in [0.1, 0.15) is 11.1 Å². The van der Waals surface area contributed by atoms with E-state index in [-0.39, 0.29) is 30.4 Å². The number of amides is 1. The van der Waals surface area contributed by atoms with Crippen molar-refractivity contribution in [3.8, 4) is 5.75 Å². The van der Waals surface area contributed by atoms with E-state index < -0.39 is 0 Å². The number of aromatic nitrogens is 3. The first kappa shape index (κ1) is 22.3. The van der Waals surface area contributed by atoms with E-state index in [1.807, 2.05) is 48.5 Å². The van der Waals surface area contributed by atoms with Crippen molar-refractivity contribution in [1.82, 2.24) is 19.4 Å². The van der Waals surface area contributed by atoms with E-state index in [9.17, 15) is 14.0 Å². The summed E-state index contributed by atoms with van der Waals surface area (Å²) >= 11 is 0. The maximum atomic E-state index is 13.5. The summed E-state index contributed by atoms with van der Waals surface area (Å²) in [6, 6.07) is 20.9. The molecular formula is C27H23FN4O3. The molecule has 0 unspecified atom stereocenters. The second-order valence-corrected chi connectivity index (χ2v) is 8.23. The van der Waals surface area contributed by atoms with Crippen molar-refractivity contribution in [2.45, 2.75) is 19.6 Å². The van der Waals surface area contributed by atoms with Crippen molar-refractivity contribution in [3.63, 3.8) is 0 Å². The molecule has 0 fully saturated rings. The molecule has 0 saturated carbocycles. The Labute approximate surface area is 200 Å². The number of nitrogens with one attached hydrogen (secondary N) is 1. The summed E-state index contributed by atoms with van der Waals surface area (Å²) < 4.78 is 21.6. The molecule has 3 aromatic carbocycles. The summed E-state index contributed by atoms with van der Waals surface area (Å²) in [5.41, 5.74) is 3.17. The highest BCUT2D eigenvalue weighted by Gasteiger charge is 2.18. The van der Waals surface area contributed by atoms with Gasteiger partial charge in [-0.1, -0.05) is 42.5 Å². The highest BCUT2D eigenvalue weighted by atomic mass is 19.1. The molecule has 0 atom stereocenters. The lowest BCUT2D eigenvalue weighted by atomic mass is 10.2. The molecule has 176 valence electrons. The number of ether oxygens (including phenoxy) is 1. The highest BCUT2D eigenvalue weighted by Crippen LogP contribution is 2.25. The van der Waals surface area contributed by atoms with Gasteiger partial charge >= 0.3 is 0 Å². The number of para-hydroxylation sites is 1. The lowest BCUT2D eigenvalue weighted by Gasteiger charge is -2.10. The van der Waals surface area contributed by atoms with Crippen molar-refractivity contribution in [2.24, 2.45) is 0 Å². The van der Waals surface area contributed by atoms with Crippen LogP contribution in [-0.2, 0) is 24.4 Å². The number of benzene rings is 3. The Morgan fingerprint density at radius 1 is 1.00 bits per heavy atom. The van der Waals surface area contributed by atoms with E-state index in [4.69, 9.17) is 4.74 Å². The predicted molar refractivity (Wildman–Crippen MR) is 132 cm³/mol. The first-order chi connectivity index (χ1) is 17.0. The number of nitrogens with zero attached hydrogens (tertiary/aromatic N) is 3. The monoisotopic (exact) mass is 470 g/mol. The van der Waals surface area contributed by atoms with Gasteiger partial charge in [-0.05, 0) is 41.5 Å². The van der Waals surface area contributed by atoms with E-state index in [0.717, 1.165) is 27.8 Å². The molecule has 0 aliphatic rings. The normalized spacial score (nSPS) is 11.1. The lowest BCUT2D eigenvalue weighted by Crippen LogP contribution is -2.29. The van der Waals surface area contributed by atoms with Crippen molar-refractivity contribution in [3.05, 3.63) is 106 Å². The standard InChI is InChI=1S/C27H23FN4O3/c1-35-21-12-8-19(9-13-21)15-31-17-30-25-22-4-2-3-5-23(22)32(26(25)27(31)34)16-24(33)29-14-18-6-10-20(28)11-7-18/h2-13,17H,14-16H2,1H3,(H,29,33). The molecule has 0 aliphatic carbocycles. The van der Waals surface area contributed by atoms with E-state index in [1.165, 1.54) is 16.7 Å². The molecule has 1 N–H and O–H groups in total. The number of carbonyl (C=O) groups excluding carboxylic acids is 1. The van der Waals surface area contributed by atoms with Crippen molar-refractivity contribution >= 4 is 27.8 Å². The molecule has 8 heteroatoms. The number of halogens is 1. The number of hydrogen-bond donors (Lipinski definition) is 1. The van der Waals surface area contributed by atoms with Gasteiger partial charge in [0.25, 0.3) is 5.56 Å². The number of rotatable bonds is 7. The molecule has 1 amide bonds. The van der Waals surface area contributed by atoms with Crippen LogP contribution in [0, 0.1) is 5.82 Å². The van der Waals surface area contributed by atoms with Crippen LogP contribution in [0.15, 0.2) is 83.9 Å². The van der Waals surface area contributed by atoms with E-state index in [1.54, 1.807) is 30.1 Å². The van der Waals surface area contributed by atoms with Gasteiger partial charge in [0, 0.05) is 11.9 Å². The fourth-order valence-corrected chi connectivity index (χ4v) is 4.16. The average molecular weight is 471 g/mol. The first-order valence-corrected chi connectivity index (χ1v) is 11.1. The second kappa shape index (κ2) is 9.42. The minimum atomic E-state index is -0.330. The van der Waals surface area contributed by atoms with Crippen molar-refractivity contribution in [2.75, 3.05) is 7.11 Å². The Hall–Kier alpha value is -4.46. The molecule has 2 heterocycles. The summed E-state index contributed by atoms with van der Waals surface area (Å²) in [7, 11) is 1.60. The Morgan fingerprint density at radius 3 is 2.46 bits per heavy atom. The van der Waals surface area contributed by atoms with E-state index in [2.05, 4.69) is 10.3 Å². The number of fused-ring (bicyclic) bond motifs is 3. The molecule has 0 aliphatic heterocycles. The molecule has 0 bridgehead atoms. The molecule has 5 rings (SSSR count). The molecule has 0 saturated heterocycles. The Kier molecular flexibility index (Phi) is 6.01. The zero-order valence-electron chi connectivity index (χ0n) is 19.1. The Morgan fingerprint density at radius 2 is 1.71 bits per heavy atom. The summed E-state index contributed by atoms with van der Waals surface area (Å²) in [6.45, 7) is 0.551. The van der Waals surface area contributed by atoms with Crippen molar-refractivity contribution < 1.29 is 13.9 Å². The SMILES string of the molecule is COc1ccc(Cn2cnc3c4ccccc4n(CC(=O)NCc4ccc(F)cc4)c3c2=O)cc1. The zero-order chi connectivity index (χ0) is 24.4. The average Bonchev–Trinajstić information content (AvgIpc) is 3.20. The molecular weight excluding hydrogens is 447 g/mol. The molecule has 7 nitrogen and oxygen atoms in total. The zero-order valence-corrected chi connectivity index (χ0v) is 19.1. The molecule has 0 radical (unpaired) electrons. The number of carbonyl (C=O) groups is 1. The summed E-state index contributed by atoms with van der Waals surface area (Å²) in [5.74, 6) is 0.146. The fraction of sp³-hybridized carbons (Fsp3) is 0.148. The van der Waals surface area contributed by atoms with Gasteiger partial charge in [-0.25, -0.2) is 9.37 Å². The quantitative estimate of drug-likeness (QED) is 0.392. The van der Waals surface area contributed by atoms with Crippen LogP contribution in [0.25, 0.3) is 21.9 Å². The van der Waals surface area contributed by atoms with Gasteiger partial charge in [0.15, 0.2) is 0 Å². The third-order valence-corrected chi connectivity index (χ3v) is 5.95. The fourth-order valence-electron chi connectivity index (χ4n) is 4.16. The molecule has 0 spiro atoms. The van der Waals surface area contributed by atoms with Gasteiger partial charge in [-0.15, -0.1) is 0 Å². The number of methoxy groups -OCH3 is 1. The van der Waals surface area contributed by atoms with Gasteiger partial charge in [0.05, 0.1) is 25.5 Å². The predicted octanol–water partition coefficient (Wildman–Crippen LogP) is 3.86. The Balaban J connectivity index is 1.48. The lowest BCUT2D eigenvalue weighted by molar-refractivity contribution is -0.121. The third kappa shape index (κ3) is 4.50. The van der Waals surface area contributed by atoms with Gasteiger partial charge in [-0.3, -0.25) is 14.2 Å². The summed E-state index contributed by atoms with van der Waals surface area (Å²) in [4.78, 5) is 31.0. The molecule has 5 aromatic rings. The van der Waals surface area contributed by atoms with Crippen LogP contribution in [0.2, 0.25) is 0 Å². The van der Waals surface area contributed by atoms with Crippen LogP contribution < -0.4 is 15.6 Å². The second-order valence-electron chi connectivity index (χ2n) is 8.23. The van der Waals surface area contributed by atoms with Gasteiger partial charge in [0.1, 0.15) is 29.1 Å². The molecule has 2 aromatic heterocycles. The van der Waals surface area contributed by atoms with Crippen LogP contribution in [0.4, 0.5) is 4.39 Å². The van der Waals surface area contributed by atoms with Crippen molar-refractivity contribution in [1.29, 1.82) is 0 Å². The van der Waals surface area contributed by atoms with Crippen LogP contribution >= 0.6 is 0 Å². The third-order valence-electron chi connectivity index (χ3n) is 5.95. The maximum absolute atomic E-state index is 13.5.